The molecule has 1 saturated heterocycles. The Morgan fingerprint density at radius 2 is 2.05 bits per heavy atom. The van der Waals surface area contributed by atoms with Gasteiger partial charge < -0.3 is 5.73 Å². The SMILES string of the molecule is NCC1CCCN(S(=O)(=O)Nc2ccc(Br)cc2)C1. The van der Waals surface area contributed by atoms with Crippen molar-refractivity contribution < 1.29 is 8.42 Å². The van der Waals surface area contributed by atoms with Crippen molar-refractivity contribution in [3.05, 3.63) is 28.7 Å². The lowest BCUT2D eigenvalue weighted by Crippen LogP contribution is -2.44. The predicted molar refractivity (Wildman–Crippen MR) is 80.0 cm³/mol. The van der Waals surface area contributed by atoms with Crippen molar-refractivity contribution in [3.63, 3.8) is 0 Å². The van der Waals surface area contributed by atoms with Crippen LogP contribution in [0.25, 0.3) is 0 Å². The Morgan fingerprint density at radius 1 is 1.37 bits per heavy atom. The smallest absolute Gasteiger partial charge is 0.301 e. The molecule has 0 aliphatic carbocycles. The van der Waals surface area contributed by atoms with E-state index in [0.717, 1.165) is 17.3 Å². The second-order valence-corrected chi connectivity index (χ2v) is 7.30. The molecule has 5 nitrogen and oxygen atoms in total. The minimum atomic E-state index is -3.48. The number of nitrogens with one attached hydrogen (secondary N) is 1. The van der Waals surface area contributed by atoms with Crippen LogP contribution in [0, 0.1) is 5.92 Å². The number of hydrogen-bond acceptors (Lipinski definition) is 3. The average Bonchev–Trinajstić information content (AvgIpc) is 2.41. The van der Waals surface area contributed by atoms with Gasteiger partial charge in [0.05, 0.1) is 0 Å². The summed E-state index contributed by atoms with van der Waals surface area (Å²) < 4.78 is 29.5. The van der Waals surface area contributed by atoms with Gasteiger partial charge in [-0.25, -0.2) is 0 Å². The van der Waals surface area contributed by atoms with E-state index in [1.165, 1.54) is 4.31 Å². The monoisotopic (exact) mass is 347 g/mol. The molecule has 1 heterocycles. The van der Waals surface area contributed by atoms with Crippen molar-refractivity contribution in [1.82, 2.24) is 4.31 Å². The topological polar surface area (TPSA) is 75.4 Å². The summed E-state index contributed by atoms with van der Waals surface area (Å²) in [5.41, 5.74) is 6.20. The first-order valence-electron chi connectivity index (χ1n) is 6.25. The van der Waals surface area contributed by atoms with Gasteiger partial charge in [-0.15, -0.1) is 0 Å². The van der Waals surface area contributed by atoms with E-state index in [4.69, 9.17) is 5.73 Å². The van der Waals surface area contributed by atoms with E-state index in [1.54, 1.807) is 24.3 Å². The number of nitrogens with two attached hydrogens (primary N) is 1. The summed E-state index contributed by atoms with van der Waals surface area (Å²) in [7, 11) is -3.48. The Morgan fingerprint density at radius 3 is 2.68 bits per heavy atom. The van der Waals surface area contributed by atoms with Crippen LogP contribution in [0.4, 0.5) is 5.69 Å². The maximum absolute atomic E-state index is 12.3. The summed E-state index contributed by atoms with van der Waals surface area (Å²) >= 11 is 3.32. The van der Waals surface area contributed by atoms with Gasteiger partial charge in [0, 0.05) is 23.2 Å². The van der Waals surface area contributed by atoms with E-state index in [1.807, 2.05) is 0 Å². The summed E-state index contributed by atoms with van der Waals surface area (Å²) in [4.78, 5) is 0. The molecular formula is C12H18BrN3O2S. The van der Waals surface area contributed by atoms with Gasteiger partial charge in [-0.1, -0.05) is 15.9 Å². The van der Waals surface area contributed by atoms with Gasteiger partial charge in [0.25, 0.3) is 0 Å². The minimum absolute atomic E-state index is 0.259. The third-order valence-corrected chi connectivity index (χ3v) is 5.28. The zero-order valence-corrected chi connectivity index (χ0v) is 13.0. The highest BCUT2D eigenvalue weighted by Crippen LogP contribution is 2.21. The fraction of sp³-hybridized carbons (Fsp3) is 0.500. The molecule has 1 aromatic carbocycles. The van der Waals surface area contributed by atoms with Gasteiger partial charge in [0.15, 0.2) is 0 Å². The van der Waals surface area contributed by atoms with Gasteiger partial charge in [0.1, 0.15) is 0 Å². The Bertz CT molecular complexity index is 518. The molecule has 1 aliphatic rings. The van der Waals surface area contributed by atoms with Crippen molar-refractivity contribution in [2.24, 2.45) is 11.7 Å². The van der Waals surface area contributed by atoms with Crippen molar-refractivity contribution in [2.75, 3.05) is 24.4 Å². The van der Waals surface area contributed by atoms with E-state index < -0.39 is 10.2 Å². The highest BCUT2D eigenvalue weighted by molar-refractivity contribution is 9.10. The van der Waals surface area contributed by atoms with Crippen LogP contribution in [0.3, 0.4) is 0 Å². The third-order valence-electron chi connectivity index (χ3n) is 3.25. The number of benzene rings is 1. The Balaban J connectivity index is 2.07. The molecule has 0 aromatic heterocycles. The van der Waals surface area contributed by atoms with Gasteiger partial charge in [0.2, 0.25) is 0 Å². The fourth-order valence-corrected chi connectivity index (χ4v) is 3.77. The quantitative estimate of drug-likeness (QED) is 0.871. The van der Waals surface area contributed by atoms with Crippen LogP contribution in [-0.4, -0.2) is 32.4 Å². The summed E-state index contributed by atoms with van der Waals surface area (Å²) in [6.07, 6.45) is 1.86. The normalized spacial score (nSPS) is 21.3. The second kappa shape index (κ2) is 6.21. The molecule has 1 atom stereocenters. The van der Waals surface area contributed by atoms with Crippen molar-refractivity contribution in [2.45, 2.75) is 12.8 Å². The zero-order valence-electron chi connectivity index (χ0n) is 10.5. The van der Waals surface area contributed by atoms with Crippen LogP contribution in [0.1, 0.15) is 12.8 Å². The van der Waals surface area contributed by atoms with Gasteiger partial charge in [-0.2, -0.15) is 12.7 Å². The lowest BCUT2D eigenvalue weighted by Gasteiger charge is -2.31. The van der Waals surface area contributed by atoms with Crippen LogP contribution in [0.5, 0.6) is 0 Å². The molecule has 0 bridgehead atoms. The Hall–Kier alpha value is -0.630. The van der Waals surface area contributed by atoms with E-state index in [2.05, 4.69) is 20.7 Å². The van der Waals surface area contributed by atoms with E-state index >= 15 is 0 Å². The first-order valence-corrected chi connectivity index (χ1v) is 8.48. The van der Waals surface area contributed by atoms with E-state index in [0.29, 0.717) is 25.3 Å². The summed E-state index contributed by atoms with van der Waals surface area (Å²) in [6.45, 7) is 1.59. The van der Waals surface area contributed by atoms with E-state index in [9.17, 15) is 8.42 Å². The fourth-order valence-electron chi connectivity index (χ4n) is 2.17. The van der Waals surface area contributed by atoms with Crippen LogP contribution in [0.2, 0.25) is 0 Å². The molecule has 2 rings (SSSR count). The van der Waals surface area contributed by atoms with Gasteiger partial charge in [-0.3, -0.25) is 4.72 Å². The number of rotatable bonds is 4. The molecule has 1 aromatic rings. The van der Waals surface area contributed by atoms with Crippen LogP contribution < -0.4 is 10.5 Å². The number of nitrogens with zero attached hydrogens (tertiary/aromatic N) is 1. The zero-order chi connectivity index (χ0) is 13.9. The standard InChI is InChI=1S/C12H18BrN3O2S/c13-11-3-5-12(6-4-11)15-19(17,18)16-7-1-2-10(8-14)9-16/h3-6,10,15H,1-2,7-9,14H2. The lowest BCUT2D eigenvalue weighted by molar-refractivity contribution is 0.273. The van der Waals surface area contributed by atoms with Gasteiger partial charge in [-0.05, 0) is 49.6 Å². The maximum atomic E-state index is 12.3. The molecular weight excluding hydrogens is 330 g/mol. The molecule has 7 heteroatoms. The molecule has 106 valence electrons. The third kappa shape index (κ3) is 3.92. The van der Waals surface area contributed by atoms with Gasteiger partial charge >= 0.3 is 10.2 Å². The molecule has 0 saturated carbocycles. The van der Waals surface area contributed by atoms with Crippen molar-refractivity contribution in [3.8, 4) is 0 Å². The lowest BCUT2D eigenvalue weighted by atomic mass is 10.0. The van der Waals surface area contributed by atoms with Crippen molar-refractivity contribution >= 4 is 31.8 Å². The number of hydrogen-bond donors (Lipinski definition) is 2. The number of anilines is 1. The molecule has 1 aliphatic heterocycles. The Labute approximate surface area is 122 Å². The first kappa shape index (κ1) is 14.8. The van der Waals surface area contributed by atoms with Crippen LogP contribution in [0.15, 0.2) is 28.7 Å². The first-order chi connectivity index (χ1) is 9.01. The van der Waals surface area contributed by atoms with E-state index in [-0.39, 0.29) is 5.92 Å². The average molecular weight is 348 g/mol. The molecule has 0 amide bonds. The molecule has 19 heavy (non-hydrogen) atoms. The predicted octanol–water partition coefficient (Wildman–Crippen LogP) is 1.78. The second-order valence-electron chi connectivity index (χ2n) is 4.72. The summed E-state index contributed by atoms with van der Waals surface area (Å²) in [5, 5.41) is 0. The highest BCUT2D eigenvalue weighted by Gasteiger charge is 2.28. The highest BCUT2D eigenvalue weighted by atomic mass is 79.9. The molecule has 1 fully saturated rings. The largest absolute Gasteiger partial charge is 0.330 e. The molecule has 0 radical (unpaired) electrons. The van der Waals surface area contributed by atoms with Crippen LogP contribution >= 0.6 is 15.9 Å². The molecule has 0 spiro atoms. The summed E-state index contributed by atoms with van der Waals surface area (Å²) in [6, 6.07) is 7.06. The minimum Gasteiger partial charge on any atom is -0.330 e. The number of halogens is 1. The molecule has 3 N–H and O–H groups in total. The number of piperidine rings is 1. The summed E-state index contributed by atoms with van der Waals surface area (Å²) in [5.74, 6) is 0.259. The molecule has 1 unspecified atom stereocenters. The Kier molecular flexibility index (Phi) is 4.83. The van der Waals surface area contributed by atoms with Crippen LogP contribution in [-0.2, 0) is 10.2 Å². The maximum Gasteiger partial charge on any atom is 0.301 e. The van der Waals surface area contributed by atoms with Crippen molar-refractivity contribution in [1.29, 1.82) is 0 Å².